The van der Waals surface area contributed by atoms with Crippen LogP contribution in [-0.2, 0) is 4.79 Å². The highest BCUT2D eigenvalue weighted by atomic mass is 16.5. The summed E-state index contributed by atoms with van der Waals surface area (Å²) >= 11 is 0. The number of aromatic nitrogens is 2. The van der Waals surface area contributed by atoms with Crippen LogP contribution in [0.1, 0.15) is 5.56 Å². The minimum atomic E-state index is -0.406. The number of nitriles is 1. The molecule has 0 unspecified atom stereocenters. The zero-order valence-corrected chi connectivity index (χ0v) is 16.4. The second kappa shape index (κ2) is 8.76. The molecule has 4 aromatic rings. The van der Waals surface area contributed by atoms with Gasteiger partial charge in [0, 0.05) is 11.1 Å². The Morgan fingerprint density at radius 1 is 1.03 bits per heavy atom. The largest absolute Gasteiger partial charge is 0.457 e. The number of nitrogens with one attached hydrogen (secondary N) is 2. The van der Waals surface area contributed by atoms with Gasteiger partial charge in [0.25, 0.3) is 0 Å². The maximum Gasteiger partial charge on any atom is 0.247 e. The molecule has 0 atom stereocenters. The molecule has 0 spiro atoms. The molecule has 1 heterocycles. The maximum atomic E-state index is 11.7. The van der Waals surface area contributed by atoms with Crippen LogP contribution in [0, 0.1) is 11.3 Å². The van der Waals surface area contributed by atoms with Gasteiger partial charge in [-0.3, -0.25) is 4.79 Å². The summed E-state index contributed by atoms with van der Waals surface area (Å²) in [6.45, 7) is 3.44. The van der Waals surface area contributed by atoms with Crippen molar-refractivity contribution >= 4 is 34.0 Å². The standard InChI is InChI=1S/C24H17N5O2/c1-2-23(30)29-21-13-20-22(12-16(21)14-25)26-15-27-24(20)28-17-8-10-19(11-9-17)31-18-6-4-3-5-7-18/h2-13,15H,1H2,(H,29,30)(H,26,27,28). The second-order valence-corrected chi connectivity index (χ2v) is 6.51. The molecule has 150 valence electrons. The number of carbonyl (C=O) groups is 1. The smallest absolute Gasteiger partial charge is 0.247 e. The van der Waals surface area contributed by atoms with E-state index in [2.05, 4.69) is 33.2 Å². The van der Waals surface area contributed by atoms with Gasteiger partial charge in [-0.25, -0.2) is 9.97 Å². The molecule has 0 saturated carbocycles. The van der Waals surface area contributed by atoms with Gasteiger partial charge >= 0.3 is 0 Å². The van der Waals surface area contributed by atoms with Crippen LogP contribution in [0.5, 0.6) is 11.5 Å². The third-order valence-electron chi connectivity index (χ3n) is 4.43. The van der Waals surface area contributed by atoms with Crippen LogP contribution in [0.2, 0.25) is 0 Å². The number of ether oxygens (including phenoxy) is 1. The van der Waals surface area contributed by atoms with Crippen LogP contribution in [-0.4, -0.2) is 15.9 Å². The number of amides is 1. The molecule has 0 radical (unpaired) electrons. The van der Waals surface area contributed by atoms with Crippen LogP contribution in [0.25, 0.3) is 10.9 Å². The molecule has 1 amide bonds. The molecule has 3 aromatic carbocycles. The number of carbonyl (C=O) groups excluding carboxylic acids is 1. The van der Waals surface area contributed by atoms with E-state index >= 15 is 0 Å². The van der Waals surface area contributed by atoms with E-state index in [9.17, 15) is 10.1 Å². The van der Waals surface area contributed by atoms with Crippen molar-refractivity contribution < 1.29 is 9.53 Å². The fourth-order valence-electron chi connectivity index (χ4n) is 2.95. The van der Waals surface area contributed by atoms with E-state index in [-0.39, 0.29) is 0 Å². The molecule has 2 N–H and O–H groups in total. The predicted octanol–water partition coefficient (Wildman–Crippen LogP) is 5.16. The Bertz CT molecular complexity index is 1300. The number of hydrogen-bond donors (Lipinski definition) is 2. The Kier molecular flexibility index (Phi) is 5.54. The van der Waals surface area contributed by atoms with Gasteiger partial charge in [-0.1, -0.05) is 24.8 Å². The molecule has 0 fully saturated rings. The van der Waals surface area contributed by atoms with Crippen LogP contribution in [0.4, 0.5) is 17.2 Å². The predicted molar refractivity (Wildman–Crippen MR) is 119 cm³/mol. The van der Waals surface area contributed by atoms with Crippen molar-refractivity contribution in [2.24, 2.45) is 0 Å². The maximum absolute atomic E-state index is 11.7. The molecule has 7 nitrogen and oxygen atoms in total. The quantitative estimate of drug-likeness (QED) is 0.428. The Morgan fingerprint density at radius 3 is 2.48 bits per heavy atom. The van der Waals surface area contributed by atoms with Gasteiger partial charge in [0.05, 0.1) is 16.8 Å². The first kappa shape index (κ1) is 19.6. The zero-order valence-electron chi connectivity index (χ0n) is 16.4. The molecule has 0 saturated heterocycles. The summed E-state index contributed by atoms with van der Waals surface area (Å²) in [6.07, 6.45) is 2.56. The van der Waals surface area contributed by atoms with Gasteiger partial charge in [0.2, 0.25) is 5.91 Å². The Balaban J connectivity index is 1.62. The number of anilines is 3. The fourth-order valence-corrected chi connectivity index (χ4v) is 2.95. The van der Waals surface area contributed by atoms with E-state index in [1.165, 1.54) is 6.33 Å². The third kappa shape index (κ3) is 4.49. The normalized spacial score (nSPS) is 10.2. The highest BCUT2D eigenvalue weighted by Gasteiger charge is 2.11. The summed E-state index contributed by atoms with van der Waals surface area (Å²) in [7, 11) is 0. The van der Waals surface area contributed by atoms with E-state index in [1.54, 1.807) is 12.1 Å². The molecule has 0 aliphatic rings. The number of rotatable bonds is 6. The van der Waals surface area contributed by atoms with Crippen LogP contribution < -0.4 is 15.4 Å². The molecule has 0 aliphatic carbocycles. The van der Waals surface area contributed by atoms with Gasteiger partial charge in [-0.15, -0.1) is 0 Å². The minimum absolute atomic E-state index is 0.301. The van der Waals surface area contributed by atoms with Gasteiger partial charge in [0.1, 0.15) is 29.7 Å². The van der Waals surface area contributed by atoms with E-state index in [0.717, 1.165) is 17.5 Å². The Hall–Kier alpha value is -4.70. The molecular weight excluding hydrogens is 390 g/mol. The summed E-state index contributed by atoms with van der Waals surface area (Å²) < 4.78 is 5.81. The number of nitrogens with zero attached hydrogens (tertiary/aromatic N) is 3. The summed E-state index contributed by atoms with van der Waals surface area (Å²) in [6, 6.07) is 22.3. The first-order valence-corrected chi connectivity index (χ1v) is 9.38. The Labute approximate surface area is 178 Å². The molecule has 0 bridgehead atoms. The van der Waals surface area contributed by atoms with E-state index in [4.69, 9.17) is 4.74 Å². The number of benzene rings is 3. The zero-order chi connectivity index (χ0) is 21.6. The number of hydrogen-bond acceptors (Lipinski definition) is 6. The fraction of sp³-hybridized carbons (Fsp3) is 0. The number of para-hydroxylation sites is 1. The van der Waals surface area contributed by atoms with Crippen molar-refractivity contribution in [2.75, 3.05) is 10.6 Å². The van der Waals surface area contributed by atoms with E-state index < -0.39 is 5.91 Å². The summed E-state index contributed by atoms with van der Waals surface area (Å²) in [5.41, 5.74) is 2.04. The second-order valence-electron chi connectivity index (χ2n) is 6.51. The van der Waals surface area contributed by atoms with Crippen LogP contribution in [0.3, 0.4) is 0 Å². The Morgan fingerprint density at radius 2 is 1.77 bits per heavy atom. The lowest BCUT2D eigenvalue weighted by atomic mass is 10.1. The molecule has 1 aromatic heterocycles. The lowest BCUT2D eigenvalue weighted by molar-refractivity contribution is -0.111. The highest BCUT2D eigenvalue weighted by molar-refractivity contribution is 6.03. The van der Waals surface area contributed by atoms with Crippen molar-refractivity contribution in [3.63, 3.8) is 0 Å². The summed E-state index contributed by atoms with van der Waals surface area (Å²) in [5.74, 6) is 1.60. The van der Waals surface area contributed by atoms with Crippen LogP contribution >= 0.6 is 0 Å². The van der Waals surface area contributed by atoms with Crippen molar-refractivity contribution in [3.8, 4) is 17.6 Å². The van der Waals surface area contributed by atoms with Crippen molar-refractivity contribution in [2.45, 2.75) is 0 Å². The van der Waals surface area contributed by atoms with Gasteiger partial charge in [-0.05, 0) is 54.6 Å². The molecule has 7 heteroatoms. The lowest BCUT2D eigenvalue weighted by Gasteiger charge is -2.12. The van der Waals surface area contributed by atoms with Gasteiger partial charge in [-0.2, -0.15) is 5.26 Å². The summed E-state index contributed by atoms with van der Waals surface area (Å²) in [5, 5.41) is 16.0. The third-order valence-corrected chi connectivity index (χ3v) is 4.43. The van der Waals surface area contributed by atoms with Crippen molar-refractivity contribution in [1.29, 1.82) is 5.26 Å². The summed E-state index contributed by atoms with van der Waals surface area (Å²) in [4.78, 5) is 20.3. The molecular formula is C24H17N5O2. The van der Waals surface area contributed by atoms with Gasteiger partial charge < -0.3 is 15.4 Å². The average molecular weight is 407 g/mol. The lowest BCUT2D eigenvalue weighted by Crippen LogP contribution is -2.09. The highest BCUT2D eigenvalue weighted by Crippen LogP contribution is 2.29. The van der Waals surface area contributed by atoms with Crippen molar-refractivity contribution in [3.05, 3.63) is 91.3 Å². The first-order chi connectivity index (χ1) is 15.2. The minimum Gasteiger partial charge on any atom is -0.457 e. The molecule has 4 rings (SSSR count). The molecule has 31 heavy (non-hydrogen) atoms. The first-order valence-electron chi connectivity index (χ1n) is 9.38. The average Bonchev–Trinajstić information content (AvgIpc) is 2.81. The number of fused-ring (bicyclic) bond motifs is 1. The SMILES string of the molecule is C=CC(=O)Nc1cc2c(Nc3ccc(Oc4ccccc4)cc3)ncnc2cc1C#N. The van der Waals surface area contributed by atoms with Crippen LogP contribution in [0.15, 0.2) is 85.7 Å². The van der Waals surface area contributed by atoms with E-state index in [1.807, 2.05) is 54.6 Å². The van der Waals surface area contributed by atoms with E-state index in [0.29, 0.717) is 33.7 Å². The van der Waals surface area contributed by atoms with Gasteiger partial charge in [0.15, 0.2) is 0 Å². The van der Waals surface area contributed by atoms with Crippen molar-refractivity contribution in [1.82, 2.24) is 9.97 Å². The topological polar surface area (TPSA) is 99.9 Å². The monoisotopic (exact) mass is 407 g/mol. The molecule has 0 aliphatic heterocycles.